The van der Waals surface area contributed by atoms with Gasteiger partial charge in [-0.2, -0.15) is 5.26 Å². The molecule has 19 heavy (non-hydrogen) atoms. The minimum atomic E-state index is -0.543. The second kappa shape index (κ2) is 5.42. The zero-order chi connectivity index (χ0) is 13.8. The average molecular weight is 278 g/mol. The second-order valence-electron chi connectivity index (χ2n) is 3.66. The van der Waals surface area contributed by atoms with E-state index in [1.165, 1.54) is 18.2 Å². The lowest BCUT2D eigenvalue weighted by molar-refractivity contribution is -0.384. The molecule has 1 aromatic carbocycles. The molecule has 2 rings (SSSR count). The first-order chi connectivity index (χ1) is 9.10. The van der Waals surface area contributed by atoms with E-state index in [1.807, 2.05) is 6.07 Å². The summed E-state index contributed by atoms with van der Waals surface area (Å²) in [5, 5.41) is 22.8. The molecule has 0 saturated carbocycles. The van der Waals surface area contributed by atoms with Crippen molar-refractivity contribution in [3.63, 3.8) is 0 Å². The zero-order valence-electron chi connectivity index (χ0n) is 9.59. The third-order valence-electron chi connectivity index (χ3n) is 2.41. The lowest BCUT2D eigenvalue weighted by Gasteiger charge is -2.05. The normalized spacial score (nSPS) is 9.89. The van der Waals surface area contributed by atoms with Crippen LogP contribution in [0.25, 0.3) is 0 Å². The van der Waals surface area contributed by atoms with Crippen molar-refractivity contribution in [1.82, 2.24) is 0 Å². The number of benzene rings is 1. The molecule has 2 aromatic rings. The number of nitrogens with one attached hydrogen (secondary N) is 1. The fourth-order valence-corrected chi connectivity index (χ4v) is 1.69. The SMILES string of the molecule is N#Cc1ccc(NCc2ccc(Cl)o2)c([N+](=O)[O-])c1. The van der Waals surface area contributed by atoms with Crippen molar-refractivity contribution < 1.29 is 9.34 Å². The molecule has 0 aliphatic carbocycles. The van der Waals surface area contributed by atoms with Crippen molar-refractivity contribution >= 4 is 23.0 Å². The summed E-state index contributed by atoms with van der Waals surface area (Å²) in [5.41, 5.74) is 0.395. The summed E-state index contributed by atoms with van der Waals surface area (Å²) in [6.07, 6.45) is 0. The van der Waals surface area contributed by atoms with E-state index in [0.29, 0.717) is 11.4 Å². The summed E-state index contributed by atoms with van der Waals surface area (Å²) < 4.78 is 5.13. The van der Waals surface area contributed by atoms with Gasteiger partial charge in [-0.25, -0.2) is 0 Å². The van der Waals surface area contributed by atoms with Crippen molar-refractivity contribution in [3.05, 3.63) is 57.0 Å². The maximum atomic E-state index is 10.9. The number of nitro benzene ring substituents is 1. The Bertz CT molecular complexity index is 660. The highest BCUT2D eigenvalue weighted by molar-refractivity contribution is 6.28. The maximum Gasteiger partial charge on any atom is 0.293 e. The van der Waals surface area contributed by atoms with Gasteiger partial charge in [0.25, 0.3) is 5.69 Å². The standard InChI is InChI=1S/C12H8ClN3O3/c13-12-4-2-9(19-12)7-15-10-3-1-8(6-14)5-11(10)16(17)18/h1-5,15H,7H2. The van der Waals surface area contributed by atoms with Gasteiger partial charge in [0.05, 0.1) is 23.1 Å². The summed E-state index contributed by atoms with van der Waals surface area (Å²) >= 11 is 5.62. The van der Waals surface area contributed by atoms with E-state index in [4.69, 9.17) is 21.3 Å². The number of nitrogens with zero attached hydrogens (tertiary/aromatic N) is 2. The Morgan fingerprint density at radius 1 is 1.42 bits per heavy atom. The first kappa shape index (κ1) is 12.9. The van der Waals surface area contributed by atoms with Gasteiger partial charge < -0.3 is 9.73 Å². The van der Waals surface area contributed by atoms with Gasteiger partial charge in [0, 0.05) is 6.07 Å². The maximum absolute atomic E-state index is 10.9. The average Bonchev–Trinajstić information content (AvgIpc) is 2.82. The third kappa shape index (κ3) is 3.03. The van der Waals surface area contributed by atoms with Crippen LogP contribution < -0.4 is 5.32 Å². The Morgan fingerprint density at radius 3 is 2.79 bits per heavy atom. The molecule has 6 nitrogen and oxygen atoms in total. The van der Waals surface area contributed by atoms with Crippen LogP contribution in [0.3, 0.4) is 0 Å². The fourth-order valence-electron chi connectivity index (χ4n) is 1.53. The van der Waals surface area contributed by atoms with Crippen LogP contribution in [0.5, 0.6) is 0 Å². The van der Waals surface area contributed by atoms with Crippen LogP contribution >= 0.6 is 11.6 Å². The number of hydrogen-bond acceptors (Lipinski definition) is 5. The molecule has 7 heteroatoms. The second-order valence-corrected chi connectivity index (χ2v) is 4.03. The molecule has 0 unspecified atom stereocenters. The number of hydrogen-bond donors (Lipinski definition) is 1. The number of nitro groups is 1. The summed E-state index contributed by atoms with van der Waals surface area (Å²) in [5.74, 6) is 0.559. The first-order valence-electron chi connectivity index (χ1n) is 5.27. The number of halogens is 1. The first-order valence-corrected chi connectivity index (χ1v) is 5.64. The Morgan fingerprint density at radius 2 is 2.21 bits per heavy atom. The lowest BCUT2D eigenvalue weighted by Crippen LogP contribution is -2.02. The smallest absolute Gasteiger partial charge is 0.293 e. The molecule has 0 aliphatic heterocycles. The summed E-state index contributed by atoms with van der Waals surface area (Å²) in [6, 6.07) is 9.33. The molecule has 0 fully saturated rings. The van der Waals surface area contributed by atoms with Gasteiger partial charge in [0.2, 0.25) is 0 Å². The third-order valence-corrected chi connectivity index (χ3v) is 2.61. The van der Waals surface area contributed by atoms with E-state index < -0.39 is 4.92 Å². The number of anilines is 1. The van der Waals surface area contributed by atoms with Crippen LogP contribution in [0.15, 0.2) is 34.7 Å². The van der Waals surface area contributed by atoms with Gasteiger partial charge in [-0.1, -0.05) is 0 Å². The predicted octanol–water partition coefficient (Wildman–Crippen LogP) is 3.32. The molecule has 96 valence electrons. The van der Waals surface area contributed by atoms with Crippen LogP contribution in [0.4, 0.5) is 11.4 Å². The summed E-state index contributed by atoms with van der Waals surface area (Å²) in [6.45, 7) is 0.263. The lowest BCUT2D eigenvalue weighted by atomic mass is 10.2. The molecule has 0 spiro atoms. The van der Waals surface area contributed by atoms with Gasteiger partial charge in [-0.05, 0) is 35.9 Å². The van der Waals surface area contributed by atoms with E-state index in [1.54, 1.807) is 12.1 Å². The Labute approximate surface area is 113 Å². The quantitative estimate of drug-likeness (QED) is 0.683. The predicted molar refractivity (Wildman–Crippen MR) is 68.9 cm³/mol. The monoisotopic (exact) mass is 277 g/mol. The molecular weight excluding hydrogens is 270 g/mol. The molecule has 0 saturated heterocycles. The van der Waals surface area contributed by atoms with E-state index >= 15 is 0 Å². The highest BCUT2D eigenvalue weighted by atomic mass is 35.5. The molecule has 0 bridgehead atoms. The van der Waals surface area contributed by atoms with E-state index in [0.717, 1.165) is 0 Å². The van der Waals surface area contributed by atoms with Crippen LogP contribution in [0, 0.1) is 21.4 Å². The van der Waals surface area contributed by atoms with Gasteiger partial charge in [0.1, 0.15) is 11.4 Å². The zero-order valence-corrected chi connectivity index (χ0v) is 10.3. The minimum Gasteiger partial charge on any atom is -0.448 e. The largest absolute Gasteiger partial charge is 0.448 e. The van der Waals surface area contributed by atoms with Gasteiger partial charge in [-0.15, -0.1) is 0 Å². The van der Waals surface area contributed by atoms with Crippen molar-refractivity contribution in [2.45, 2.75) is 6.54 Å². The van der Waals surface area contributed by atoms with Gasteiger partial charge >= 0.3 is 0 Å². The molecule has 1 heterocycles. The molecule has 0 aliphatic rings. The molecule has 0 atom stereocenters. The van der Waals surface area contributed by atoms with E-state index in [9.17, 15) is 10.1 Å². The van der Waals surface area contributed by atoms with E-state index in [-0.39, 0.29) is 23.0 Å². The summed E-state index contributed by atoms with van der Waals surface area (Å²) in [7, 11) is 0. The molecule has 0 amide bonds. The number of furan rings is 1. The Balaban J connectivity index is 2.20. The highest BCUT2D eigenvalue weighted by Gasteiger charge is 2.14. The molecule has 1 aromatic heterocycles. The van der Waals surface area contributed by atoms with Crippen LogP contribution in [-0.4, -0.2) is 4.92 Å². The van der Waals surface area contributed by atoms with Crippen molar-refractivity contribution in [2.24, 2.45) is 0 Å². The topological polar surface area (TPSA) is 92.1 Å². The van der Waals surface area contributed by atoms with Crippen molar-refractivity contribution in [2.75, 3.05) is 5.32 Å². The highest BCUT2D eigenvalue weighted by Crippen LogP contribution is 2.26. The summed E-state index contributed by atoms with van der Waals surface area (Å²) in [4.78, 5) is 10.4. The van der Waals surface area contributed by atoms with Gasteiger partial charge in [-0.3, -0.25) is 10.1 Å². The van der Waals surface area contributed by atoms with Crippen molar-refractivity contribution in [1.29, 1.82) is 5.26 Å². The molecule has 1 N–H and O–H groups in total. The number of nitriles is 1. The van der Waals surface area contributed by atoms with Gasteiger partial charge in [0.15, 0.2) is 5.22 Å². The Hall–Kier alpha value is -2.52. The van der Waals surface area contributed by atoms with Crippen molar-refractivity contribution in [3.8, 4) is 6.07 Å². The van der Waals surface area contributed by atoms with Crippen LogP contribution in [0.1, 0.15) is 11.3 Å². The van der Waals surface area contributed by atoms with E-state index in [2.05, 4.69) is 5.32 Å². The molecular formula is C12H8ClN3O3. The number of rotatable bonds is 4. The Kier molecular flexibility index (Phi) is 3.68. The minimum absolute atomic E-state index is 0.156. The van der Waals surface area contributed by atoms with Crippen LogP contribution in [-0.2, 0) is 6.54 Å². The fraction of sp³-hybridized carbons (Fsp3) is 0.0833. The molecule has 0 radical (unpaired) electrons. The van der Waals surface area contributed by atoms with Crippen LogP contribution in [0.2, 0.25) is 5.22 Å².